The van der Waals surface area contributed by atoms with Gasteiger partial charge in [0.25, 0.3) is 0 Å². The SMILES string of the molecule is CN1C[C@H](c2ccc(F)cc2)[C@H](C(=O)c2ccccn2)[C@@]12C(=O)Nc1ccc(Br)cc12. The van der Waals surface area contributed by atoms with E-state index >= 15 is 0 Å². The Bertz CT molecular complexity index is 1190. The summed E-state index contributed by atoms with van der Waals surface area (Å²) in [6.07, 6.45) is 1.57. The van der Waals surface area contributed by atoms with E-state index in [-0.39, 0.29) is 23.4 Å². The van der Waals surface area contributed by atoms with Crippen LogP contribution in [0.4, 0.5) is 10.1 Å². The molecule has 1 N–H and O–H groups in total. The molecule has 3 atom stereocenters. The third-order valence-electron chi connectivity index (χ3n) is 6.41. The van der Waals surface area contributed by atoms with Gasteiger partial charge in [-0.1, -0.05) is 34.1 Å². The van der Waals surface area contributed by atoms with Gasteiger partial charge in [0.1, 0.15) is 17.1 Å². The monoisotopic (exact) mass is 479 g/mol. The fourth-order valence-electron chi connectivity index (χ4n) is 5.09. The Morgan fingerprint density at radius 2 is 1.97 bits per heavy atom. The molecule has 0 unspecified atom stereocenters. The normalized spacial score (nSPS) is 24.9. The number of likely N-dealkylation sites (N-methyl/N-ethyl adjacent to an activating group) is 1. The van der Waals surface area contributed by atoms with Crippen molar-refractivity contribution in [2.75, 3.05) is 18.9 Å². The highest BCUT2D eigenvalue weighted by Crippen LogP contribution is 2.55. The number of aromatic nitrogens is 1. The number of likely N-dealkylation sites (tertiary alicyclic amines) is 1. The van der Waals surface area contributed by atoms with Crippen molar-refractivity contribution in [3.05, 3.63) is 94.0 Å². The van der Waals surface area contributed by atoms with E-state index in [1.807, 2.05) is 30.1 Å². The predicted molar refractivity (Wildman–Crippen MR) is 118 cm³/mol. The number of anilines is 1. The van der Waals surface area contributed by atoms with E-state index in [0.29, 0.717) is 17.9 Å². The number of rotatable bonds is 3. The first-order valence-electron chi connectivity index (χ1n) is 9.96. The first-order valence-corrected chi connectivity index (χ1v) is 10.8. The van der Waals surface area contributed by atoms with E-state index in [4.69, 9.17) is 0 Å². The summed E-state index contributed by atoms with van der Waals surface area (Å²) >= 11 is 3.51. The summed E-state index contributed by atoms with van der Waals surface area (Å²) < 4.78 is 14.4. The molecule has 1 amide bonds. The van der Waals surface area contributed by atoms with Gasteiger partial charge in [-0.15, -0.1) is 0 Å². The van der Waals surface area contributed by atoms with E-state index in [1.54, 1.807) is 36.5 Å². The number of hydrogen-bond acceptors (Lipinski definition) is 4. The number of amides is 1. The summed E-state index contributed by atoms with van der Waals surface area (Å²) in [5, 5.41) is 2.97. The Labute approximate surface area is 187 Å². The number of Topliss-reactive ketones (excluding diaryl/α,β-unsaturated/α-hetero) is 1. The fraction of sp³-hybridized carbons (Fsp3) is 0.208. The molecule has 5 rings (SSSR count). The summed E-state index contributed by atoms with van der Waals surface area (Å²) in [4.78, 5) is 33.7. The number of nitrogens with one attached hydrogen (secondary N) is 1. The number of hydrogen-bond donors (Lipinski definition) is 1. The number of nitrogens with zero attached hydrogens (tertiary/aromatic N) is 2. The van der Waals surface area contributed by atoms with E-state index in [9.17, 15) is 14.0 Å². The lowest BCUT2D eigenvalue weighted by Crippen LogP contribution is -2.51. The summed E-state index contributed by atoms with van der Waals surface area (Å²) in [5.41, 5.74) is 1.39. The first kappa shape index (κ1) is 20.0. The minimum Gasteiger partial charge on any atom is -0.324 e. The molecule has 5 nitrogen and oxygen atoms in total. The van der Waals surface area contributed by atoms with Crippen LogP contribution in [0.5, 0.6) is 0 Å². The highest BCUT2D eigenvalue weighted by molar-refractivity contribution is 9.10. The van der Waals surface area contributed by atoms with Gasteiger partial charge in [0.05, 0.1) is 5.92 Å². The van der Waals surface area contributed by atoms with Crippen molar-refractivity contribution in [1.82, 2.24) is 9.88 Å². The van der Waals surface area contributed by atoms with Crippen LogP contribution in [0.25, 0.3) is 0 Å². The van der Waals surface area contributed by atoms with E-state index in [2.05, 4.69) is 26.2 Å². The summed E-state index contributed by atoms with van der Waals surface area (Å²) in [5.74, 6) is -1.82. The van der Waals surface area contributed by atoms with Gasteiger partial charge >= 0.3 is 0 Å². The molecule has 2 aliphatic rings. The van der Waals surface area contributed by atoms with Crippen molar-refractivity contribution < 1.29 is 14.0 Å². The van der Waals surface area contributed by atoms with Crippen LogP contribution < -0.4 is 5.32 Å². The largest absolute Gasteiger partial charge is 0.324 e. The van der Waals surface area contributed by atoms with Crippen molar-refractivity contribution in [3.63, 3.8) is 0 Å². The molecular weight excluding hydrogens is 461 g/mol. The van der Waals surface area contributed by atoms with Crippen molar-refractivity contribution >= 4 is 33.3 Å². The highest BCUT2D eigenvalue weighted by atomic mass is 79.9. The van der Waals surface area contributed by atoms with Crippen LogP contribution in [0, 0.1) is 11.7 Å². The summed E-state index contributed by atoms with van der Waals surface area (Å²) in [6.45, 7) is 0.467. The van der Waals surface area contributed by atoms with Crippen molar-refractivity contribution in [3.8, 4) is 0 Å². The number of carbonyl (C=O) groups excluding carboxylic acids is 2. The van der Waals surface area contributed by atoms with Crippen LogP contribution in [0.15, 0.2) is 71.3 Å². The molecule has 0 aliphatic carbocycles. The molecule has 2 aliphatic heterocycles. The standard InChI is InChI=1S/C24H19BrFN3O2/c1-29-13-17(14-5-8-16(26)9-6-14)21(22(30)20-4-2-3-11-27-20)24(29)18-12-15(25)7-10-19(18)28-23(24)31/h2-12,17,21H,13H2,1H3,(H,28,31)/t17-,21-,24+/m1/s1. The molecule has 2 aromatic carbocycles. The van der Waals surface area contributed by atoms with Crippen LogP contribution in [0.3, 0.4) is 0 Å². The van der Waals surface area contributed by atoms with Crippen molar-refractivity contribution in [1.29, 1.82) is 0 Å². The maximum Gasteiger partial charge on any atom is 0.250 e. The fourth-order valence-corrected chi connectivity index (χ4v) is 5.45. The molecule has 7 heteroatoms. The molecule has 1 aromatic heterocycles. The summed E-state index contributed by atoms with van der Waals surface area (Å²) in [7, 11) is 1.86. The Kier molecular flexibility index (Phi) is 4.75. The second-order valence-corrected chi connectivity index (χ2v) is 8.92. The quantitative estimate of drug-likeness (QED) is 0.566. The lowest BCUT2D eigenvalue weighted by atomic mass is 9.71. The van der Waals surface area contributed by atoms with Gasteiger partial charge in [0.2, 0.25) is 5.91 Å². The van der Waals surface area contributed by atoms with Gasteiger partial charge in [-0.05, 0) is 55.1 Å². The van der Waals surface area contributed by atoms with Gasteiger partial charge < -0.3 is 5.32 Å². The van der Waals surface area contributed by atoms with Crippen molar-refractivity contribution in [2.24, 2.45) is 5.92 Å². The van der Waals surface area contributed by atoms with Crippen LogP contribution in [-0.4, -0.2) is 35.2 Å². The highest BCUT2D eigenvalue weighted by Gasteiger charge is 2.64. The third-order valence-corrected chi connectivity index (χ3v) is 6.90. The zero-order valence-electron chi connectivity index (χ0n) is 16.7. The minimum atomic E-state index is -1.19. The minimum absolute atomic E-state index is 0.206. The molecule has 31 heavy (non-hydrogen) atoms. The Hall–Kier alpha value is -2.90. The number of carbonyl (C=O) groups is 2. The molecule has 3 aromatic rings. The van der Waals surface area contributed by atoms with Gasteiger partial charge in [0.15, 0.2) is 5.78 Å². The second kappa shape index (κ2) is 7.35. The maximum atomic E-state index is 13.9. The van der Waals surface area contributed by atoms with Gasteiger partial charge in [-0.2, -0.15) is 0 Å². The Morgan fingerprint density at radius 1 is 1.19 bits per heavy atom. The molecule has 0 saturated carbocycles. The Morgan fingerprint density at radius 3 is 2.68 bits per heavy atom. The number of halogens is 2. The molecule has 1 fully saturated rings. The lowest BCUT2D eigenvalue weighted by molar-refractivity contribution is -0.126. The lowest BCUT2D eigenvalue weighted by Gasteiger charge is -2.35. The van der Waals surface area contributed by atoms with E-state index in [1.165, 1.54) is 12.1 Å². The summed E-state index contributed by atoms with van der Waals surface area (Å²) in [6, 6.07) is 17.0. The van der Waals surface area contributed by atoms with Gasteiger partial charge in [0, 0.05) is 34.4 Å². The smallest absolute Gasteiger partial charge is 0.250 e. The topological polar surface area (TPSA) is 62.3 Å². The zero-order chi connectivity index (χ0) is 21.8. The van der Waals surface area contributed by atoms with Gasteiger partial charge in [-0.25, -0.2) is 4.39 Å². The number of pyridine rings is 1. The average Bonchev–Trinajstić information content (AvgIpc) is 3.24. The molecule has 3 heterocycles. The Balaban J connectivity index is 1.74. The predicted octanol–water partition coefficient (Wildman–Crippen LogP) is 4.36. The van der Waals surface area contributed by atoms with Crippen LogP contribution >= 0.6 is 15.9 Å². The zero-order valence-corrected chi connectivity index (χ0v) is 18.3. The molecular formula is C24H19BrFN3O2. The van der Waals surface area contributed by atoms with Crippen LogP contribution in [-0.2, 0) is 10.3 Å². The third kappa shape index (κ3) is 2.95. The maximum absolute atomic E-state index is 13.9. The molecule has 1 saturated heterocycles. The van der Waals surface area contributed by atoms with Crippen LogP contribution in [0.1, 0.15) is 27.5 Å². The van der Waals surface area contributed by atoms with E-state index < -0.39 is 11.5 Å². The molecule has 1 spiro atoms. The molecule has 0 radical (unpaired) electrons. The van der Waals surface area contributed by atoms with Crippen LogP contribution in [0.2, 0.25) is 0 Å². The molecule has 156 valence electrons. The number of fused-ring (bicyclic) bond motifs is 2. The average molecular weight is 480 g/mol. The first-order chi connectivity index (χ1) is 14.9. The second-order valence-electron chi connectivity index (χ2n) is 8.01. The molecule has 0 bridgehead atoms. The number of benzene rings is 2. The number of ketones is 1. The van der Waals surface area contributed by atoms with Gasteiger partial charge in [-0.3, -0.25) is 19.5 Å². The van der Waals surface area contributed by atoms with E-state index in [0.717, 1.165) is 15.6 Å². The van der Waals surface area contributed by atoms with Crippen molar-refractivity contribution in [2.45, 2.75) is 11.5 Å².